The van der Waals surface area contributed by atoms with E-state index >= 15 is 0 Å². The number of anilines is 1. The summed E-state index contributed by atoms with van der Waals surface area (Å²) in [7, 11) is 0. The minimum Gasteiger partial charge on any atom is -0.491 e. The van der Waals surface area contributed by atoms with Crippen molar-refractivity contribution in [2.75, 3.05) is 38.6 Å². The summed E-state index contributed by atoms with van der Waals surface area (Å²) >= 11 is 0. The maximum Gasteiger partial charge on any atom is 0.146 e. The molecule has 1 saturated carbocycles. The molecule has 0 unspecified atom stereocenters. The minimum atomic E-state index is 0.191. The van der Waals surface area contributed by atoms with Gasteiger partial charge < -0.3 is 24.7 Å². The molecule has 2 N–H and O–H groups in total. The van der Waals surface area contributed by atoms with Crippen molar-refractivity contribution >= 4 is 16.9 Å². The molecule has 0 radical (unpaired) electrons. The summed E-state index contributed by atoms with van der Waals surface area (Å²) < 4.78 is 14.3. The largest absolute Gasteiger partial charge is 0.491 e. The molecule has 0 bridgehead atoms. The number of aromatic nitrogens is 3. The Labute approximate surface area is 194 Å². The molecule has 33 heavy (non-hydrogen) atoms. The van der Waals surface area contributed by atoms with Crippen LogP contribution in [0.5, 0.6) is 5.75 Å². The van der Waals surface area contributed by atoms with Crippen LogP contribution in [0.2, 0.25) is 0 Å². The Balaban J connectivity index is 1.24. The third kappa shape index (κ3) is 4.20. The number of fused-ring (bicyclic) bond motifs is 1. The van der Waals surface area contributed by atoms with Crippen molar-refractivity contribution in [3.05, 3.63) is 36.8 Å². The van der Waals surface area contributed by atoms with Crippen LogP contribution in [0, 0.1) is 5.92 Å². The molecule has 7 nitrogen and oxygen atoms in total. The molecule has 0 amide bonds. The Morgan fingerprint density at radius 3 is 2.82 bits per heavy atom. The second-order valence-electron chi connectivity index (χ2n) is 9.88. The molecule has 3 fully saturated rings. The Kier molecular flexibility index (Phi) is 5.68. The van der Waals surface area contributed by atoms with Gasteiger partial charge in [0.25, 0.3) is 0 Å². The van der Waals surface area contributed by atoms with Crippen LogP contribution >= 0.6 is 0 Å². The van der Waals surface area contributed by atoms with Gasteiger partial charge in [-0.2, -0.15) is 0 Å². The quantitative estimate of drug-likeness (QED) is 0.582. The molecule has 3 aromatic rings. The second-order valence-corrected chi connectivity index (χ2v) is 9.88. The van der Waals surface area contributed by atoms with Crippen LogP contribution in [-0.2, 0) is 4.74 Å². The number of benzene rings is 1. The van der Waals surface area contributed by atoms with Crippen molar-refractivity contribution in [2.45, 2.75) is 50.7 Å². The lowest BCUT2D eigenvalue weighted by atomic mass is 9.79. The van der Waals surface area contributed by atoms with Crippen LogP contribution in [-0.4, -0.2) is 58.4 Å². The molecule has 2 aromatic heterocycles. The first-order valence-electron chi connectivity index (χ1n) is 12.4. The molecule has 1 aliphatic carbocycles. The van der Waals surface area contributed by atoms with E-state index in [1.807, 2.05) is 12.1 Å². The first kappa shape index (κ1) is 20.9. The van der Waals surface area contributed by atoms with Crippen molar-refractivity contribution < 1.29 is 9.47 Å². The summed E-state index contributed by atoms with van der Waals surface area (Å²) in [5.41, 5.74) is 9.46. The number of nitrogens with zero attached hydrogens (tertiary/aromatic N) is 4. The second kappa shape index (κ2) is 8.95. The molecule has 2 saturated heterocycles. The van der Waals surface area contributed by atoms with E-state index in [9.17, 15) is 0 Å². The number of ether oxygens (including phenoxy) is 2. The molecule has 3 aliphatic rings. The van der Waals surface area contributed by atoms with E-state index in [0.717, 1.165) is 53.3 Å². The topological polar surface area (TPSA) is 78.4 Å². The van der Waals surface area contributed by atoms with Gasteiger partial charge in [0.1, 0.15) is 30.1 Å². The van der Waals surface area contributed by atoms with E-state index in [4.69, 9.17) is 15.2 Å². The zero-order valence-electron chi connectivity index (χ0n) is 19.2. The fourth-order valence-corrected chi connectivity index (χ4v) is 5.49. The van der Waals surface area contributed by atoms with Crippen LogP contribution in [0.1, 0.15) is 44.6 Å². The Morgan fingerprint density at radius 1 is 1.12 bits per heavy atom. The molecule has 6 rings (SSSR count). The Morgan fingerprint density at radius 2 is 2.03 bits per heavy atom. The first-order valence-corrected chi connectivity index (χ1v) is 12.4. The third-order valence-electron chi connectivity index (χ3n) is 7.56. The number of hydrogen-bond acceptors (Lipinski definition) is 6. The zero-order chi connectivity index (χ0) is 22.2. The number of nitrogens with two attached hydrogens (primary N) is 1. The normalized spacial score (nSPS) is 25.5. The number of nitrogen functional groups attached to an aromatic ring is 1. The summed E-state index contributed by atoms with van der Waals surface area (Å²) in [6, 6.07) is 8.74. The Bertz CT molecular complexity index is 1110. The van der Waals surface area contributed by atoms with E-state index in [1.54, 1.807) is 6.33 Å². The molecule has 4 heterocycles. The van der Waals surface area contributed by atoms with E-state index < -0.39 is 0 Å². The average molecular weight is 448 g/mol. The SMILES string of the molecule is Nc1ncnc2c1c(-c1cccc(OC[C@@H]3CCCCO3)c1)cn2C1CC(CN2CCC2)C1. The standard InChI is InChI=1S/C26H33N5O2/c27-25-24-23(19-5-3-7-21(13-19)33-16-22-6-1-2-10-32-22)15-31(26(24)29-17-28-25)20-11-18(12-20)14-30-8-4-9-30/h3,5,7,13,15,17-18,20,22H,1-2,4,6,8-12,14,16H2,(H2,27,28,29)/t18?,20?,22-/m0/s1. The fraction of sp³-hybridized carbons (Fsp3) is 0.538. The summed E-state index contributed by atoms with van der Waals surface area (Å²) in [5, 5.41) is 0.941. The highest BCUT2D eigenvalue weighted by atomic mass is 16.5. The summed E-state index contributed by atoms with van der Waals surface area (Å²) in [6.45, 7) is 5.22. The van der Waals surface area contributed by atoms with Gasteiger partial charge in [-0.3, -0.25) is 0 Å². The van der Waals surface area contributed by atoms with E-state index in [2.05, 4.69) is 37.8 Å². The van der Waals surface area contributed by atoms with Gasteiger partial charge >= 0.3 is 0 Å². The molecule has 1 aromatic carbocycles. The van der Waals surface area contributed by atoms with Crippen molar-refractivity contribution in [3.63, 3.8) is 0 Å². The summed E-state index contributed by atoms with van der Waals surface area (Å²) in [5.74, 6) is 2.18. The van der Waals surface area contributed by atoms with Gasteiger partial charge in [-0.15, -0.1) is 0 Å². The predicted molar refractivity (Wildman–Crippen MR) is 129 cm³/mol. The number of likely N-dealkylation sites (tertiary alicyclic amines) is 1. The smallest absolute Gasteiger partial charge is 0.146 e. The molecular weight excluding hydrogens is 414 g/mol. The number of hydrogen-bond donors (Lipinski definition) is 1. The van der Waals surface area contributed by atoms with Crippen LogP contribution < -0.4 is 10.5 Å². The summed E-state index contributed by atoms with van der Waals surface area (Å²) in [6.07, 6.45) is 11.2. The van der Waals surface area contributed by atoms with Crippen molar-refractivity contribution in [2.24, 2.45) is 5.92 Å². The van der Waals surface area contributed by atoms with Crippen LogP contribution in [0.15, 0.2) is 36.8 Å². The zero-order valence-corrected chi connectivity index (χ0v) is 19.2. The monoisotopic (exact) mass is 447 g/mol. The van der Waals surface area contributed by atoms with Gasteiger partial charge in [0, 0.05) is 31.0 Å². The highest BCUT2D eigenvalue weighted by molar-refractivity contribution is 6.00. The van der Waals surface area contributed by atoms with E-state index in [0.29, 0.717) is 18.5 Å². The van der Waals surface area contributed by atoms with Crippen LogP contribution in [0.25, 0.3) is 22.2 Å². The number of rotatable bonds is 7. The highest BCUT2D eigenvalue weighted by Gasteiger charge is 2.34. The van der Waals surface area contributed by atoms with Crippen LogP contribution in [0.4, 0.5) is 5.82 Å². The maximum absolute atomic E-state index is 6.36. The van der Waals surface area contributed by atoms with Crippen molar-refractivity contribution in [1.29, 1.82) is 0 Å². The average Bonchev–Trinajstić information content (AvgIpc) is 3.17. The van der Waals surface area contributed by atoms with Crippen LogP contribution in [0.3, 0.4) is 0 Å². The molecular formula is C26H33N5O2. The van der Waals surface area contributed by atoms with Gasteiger partial charge in [0.05, 0.1) is 11.5 Å². The van der Waals surface area contributed by atoms with Gasteiger partial charge in [0.2, 0.25) is 0 Å². The fourth-order valence-electron chi connectivity index (χ4n) is 5.49. The Hall–Kier alpha value is -2.64. The van der Waals surface area contributed by atoms with Gasteiger partial charge in [-0.05, 0) is 75.2 Å². The lowest BCUT2D eigenvalue weighted by Crippen LogP contribution is -2.43. The lowest BCUT2D eigenvalue weighted by Gasteiger charge is -2.42. The van der Waals surface area contributed by atoms with Gasteiger partial charge in [0.15, 0.2) is 0 Å². The van der Waals surface area contributed by atoms with Crippen molar-refractivity contribution in [3.8, 4) is 16.9 Å². The molecule has 0 spiro atoms. The van der Waals surface area contributed by atoms with Gasteiger partial charge in [-0.1, -0.05) is 12.1 Å². The van der Waals surface area contributed by atoms with E-state index in [-0.39, 0.29) is 6.10 Å². The van der Waals surface area contributed by atoms with Gasteiger partial charge in [-0.25, -0.2) is 9.97 Å². The maximum atomic E-state index is 6.36. The molecule has 7 heteroatoms. The highest BCUT2D eigenvalue weighted by Crippen LogP contribution is 2.43. The first-order chi connectivity index (χ1) is 16.2. The summed E-state index contributed by atoms with van der Waals surface area (Å²) in [4.78, 5) is 11.5. The van der Waals surface area contributed by atoms with Crippen molar-refractivity contribution in [1.82, 2.24) is 19.4 Å². The molecule has 2 aliphatic heterocycles. The molecule has 174 valence electrons. The van der Waals surface area contributed by atoms with E-state index in [1.165, 1.54) is 45.3 Å². The lowest BCUT2D eigenvalue weighted by molar-refractivity contribution is -0.0110. The predicted octanol–water partition coefficient (Wildman–Crippen LogP) is 4.29. The minimum absolute atomic E-state index is 0.191. The molecule has 1 atom stereocenters. The third-order valence-corrected chi connectivity index (χ3v) is 7.56.